The van der Waals surface area contributed by atoms with Crippen LogP contribution in [-0.4, -0.2) is 47.1 Å². The maximum absolute atomic E-state index is 11.9. The number of hydrogen-bond donors (Lipinski definition) is 2. The number of likely N-dealkylation sites (N-methyl/N-ethyl adjacent to an activating group) is 2. The highest BCUT2D eigenvalue weighted by Gasteiger charge is 2.40. The van der Waals surface area contributed by atoms with Crippen LogP contribution in [0.3, 0.4) is 0 Å². The monoisotopic (exact) mass is 216 g/mol. The Morgan fingerprint density at radius 2 is 1.60 bits per heavy atom. The number of carbonyl (C=O) groups is 2. The Kier molecular flexibility index (Phi) is 3.88. The molecule has 0 aliphatic rings. The van der Waals surface area contributed by atoms with Crippen LogP contribution in [0.1, 0.15) is 27.7 Å². The molecular weight excluding hydrogens is 196 g/mol. The molecule has 0 aliphatic heterocycles. The van der Waals surface area contributed by atoms with Crippen molar-refractivity contribution in [2.24, 2.45) is 0 Å². The van der Waals surface area contributed by atoms with Crippen LogP contribution in [0.15, 0.2) is 0 Å². The van der Waals surface area contributed by atoms with E-state index in [2.05, 4.69) is 5.32 Å². The number of carboxylic acid groups (broad SMARTS) is 1. The molecule has 2 N–H and O–H groups in total. The second-order valence-corrected chi connectivity index (χ2v) is 4.60. The Hall–Kier alpha value is -1.10. The van der Waals surface area contributed by atoms with Crippen molar-refractivity contribution < 1.29 is 14.7 Å². The van der Waals surface area contributed by atoms with Crippen molar-refractivity contribution in [3.8, 4) is 0 Å². The van der Waals surface area contributed by atoms with Crippen LogP contribution in [0.2, 0.25) is 0 Å². The molecule has 0 heterocycles. The van der Waals surface area contributed by atoms with Crippen molar-refractivity contribution in [2.75, 3.05) is 14.1 Å². The Morgan fingerprint density at radius 1 is 1.20 bits per heavy atom. The molecule has 88 valence electrons. The van der Waals surface area contributed by atoms with Gasteiger partial charge in [0.15, 0.2) is 0 Å². The summed E-state index contributed by atoms with van der Waals surface area (Å²) in [5, 5.41) is 11.8. The van der Waals surface area contributed by atoms with Gasteiger partial charge >= 0.3 is 5.97 Å². The molecule has 0 saturated heterocycles. The molecule has 5 heteroatoms. The number of nitrogens with zero attached hydrogens (tertiary/aromatic N) is 1. The third-order valence-corrected chi connectivity index (χ3v) is 2.83. The van der Waals surface area contributed by atoms with Crippen LogP contribution < -0.4 is 5.32 Å². The third kappa shape index (κ3) is 2.68. The highest BCUT2D eigenvalue weighted by Crippen LogP contribution is 2.17. The molecule has 0 rings (SSSR count). The molecule has 5 nitrogen and oxygen atoms in total. The second kappa shape index (κ2) is 4.18. The van der Waals surface area contributed by atoms with E-state index in [9.17, 15) is 9.59 Å². The molecule has 0 fully saturated rings. The van der Waals surface area contributed by atoms with Gasteiger partial charge in [0.2, 0.25) is 5.91 Å². The largest absolute Gasteiger partial charge is 0.480 e. The predicted octanol–water partition coefficient (Wildman–Crippen LogP) is 0.306. The standard InChI is InChI=1S/C10H20N2O3/c1-9(2,11-5)7(13)12(6)10(3,4)8(14)15/h11H,1-6H3,(H,14,15). The average molecular weight is 216 g/mol. The summed E-state index contributed by atoms with van der Waals surface area (Å²) in [5.74, 6) is -1.28. The van der Waals surface area contributed by atoms with E-state index in [1.54, 1.807) is 20.9 Å². The minimum atomic E-state index is -1.20. The smallest absolute Gasteiger partial charge is 0.329 e. The molecule has 0 atom stereocenters. The van der Waals surface area contributed by atoms with Crippen LogP contribution in [0, 0.1) is 0 Å². The lowest BCUT2D eigenvalue weighted by Crippen LogP contribution is -2.59. The van der Waals surface area contributed by atoms with Gasteiger partial charge in [0.25, 0.3) is 0 Å². The van der Waals surface area contributed by atoms with Gasteiger partial charge < -0.3 is 15.3 Å². The number of nitrogens with one attached hydrogen (secondary N) is 1. The molecule has 15 heavy (non-hydrogen) atoms. The van der Waals surface area contributed by atoms with E-state index >= 15 is 0 Å². The molecule has 0 unspecified atom stereocenters. The first-order chi connectivity index (χ1) is 6.57. The summed E-state index contributed by atoms with van der Waals surface area (Å²) >= 11 is 0. The Balaban J connectivity index is 4.96. The number of amides is 1. The van der Waals surface area contributed by atoms with Crippen LogP contribution in [-0.2, 0) is 9.59 Å². The maximum Gasteiger partial charge on any atom is 0.329 e. The molecule has 0 radical (unpaired) electrons. The molecule has 0 spiro atoms. The molecule has 0 aromatic carbocycles. The number of carboxylic acids is 1. The Morgan fingerprint density at radius 3 is 1.87 bits per heavy atom. The predicted molar refractivity (Wildman–Crippen MR) is 57.6 cm³/mol. The quantitative estimate of drug-likeness (QED) is 0.709. The Bertz CT molecular complexity index is 272. The molecule has 0 bridgehead atoms. The molecule has 0 aliphatic carbocycles. The molecule has 0 saturated carbocycles. The third-order valence-electron chi connectivity index (χ3n) is 2.83. The van der Waals surface area contributed by atoms with Gasteiger partial charge in [-0.15, -0.1) is 0 Å². The van der Waals surface area contributed by atoms with E-state index in [0.29, 0.717) is 0 Å². The van der Waals surface area contributed by atoms with Gasteiger partial charge in [0.05, 0.1) is 5.54 Å². The first-order valence-corrected chi connectivity index (χ1v) is 4.78. The maximum atomic E-state index is 11.9. The average Bonchev–Trinajstić information content (AvgIpc) is 2.15. The van der Waals surface area contributed by atoms with Gasteiger partial charge in [0, 0.05) is 7.05 Å². The fourth-order valence-corrected chi connectivity index (χ4v) is 0.924. The lowest BCUT2D eigenvalue weighted by atomic mass is 9.98. The van der Waals surface area contributed by atoms with E-state index in [1.165, 1.54) is 25.8 Å². The summed E-state index contributed by atoms with van der Waals surface area (Å²) in [7, 11) is 3.16. The summed E-state index contributed by atoms with van der Waals surface area (Å²) in [6.07, 6.45) is 0. The van der Waals surface area contributed by atoms with Gasteiger partial charge in [-0.1, -0.05) is 0 Å². The summed E-state index contributed by atoms with van der Waals surface area (Å²) in [5.41, 5.74) is -1.97. The van der Waals surface area contributed by atoms with Crippen molar-refractivity contribution in [3.05, 3.63) is 0 Å². The van der Waals surface area contributed by atoms with E-state index in [0.717, 1.165) is 0 Å². The van der Waals surface area contributed by atoms with Crippen molar-refractivity contribution in [3.63, 3.8) is 0 Å². The van der Waals surface area contributed by atoms with E-state index < -0.39 is 17.0 Å². The molecular formula is C10H20N2O3. The van der Waals surface area contributed by atoms with Crippen molar-refractivity contribution in [1.82, 2.24) is 10.2 Å². The zero-order valence-electron chi connectivity index (χ0n) is 10.2. The van der Waals surface area contributed by atoms with Gasteiger partial charge in [-0.05, 0) is 34.7 Å². The summed E-state index contributed by atoms with van der Waals surface area (Å²) in [4.78, 5) is 24.2. The molecule has 0 aromatic heterocycles. The number of carbonyl (C=O) groups excluding carboxylic acids is 1. The highest BCUT2D eigenvalue weighted by molar-refractivity contribution is 5.91. The van der Waals surface area contributed by atoms with Gasteiger partial charge in [-0.3, -0.25) is 4.79 Å². The fourth-order valence-electron chi connectivity index (χ4n) is 0.924. The minimum absolute atomic E-state index is 0.252. The number of rotatable bonds is 4. The van der Waals surface area contributed by atoms with E-state index in [4.69, 9.17) is 5.11 Å². The summed E-state index contributed by atoms with van der Waals surface area (Å²) in [6, 6.07) is 0. The van der Waals surface area contributed by atoms with E-state index in [-0.39, 0.29) is 5.91 Å². The van der Waals surface area contributed by atoms with Crippen LogP contribution in [0.4, 0.5) is 0 Å². The topological polar surface area (TPSA) is 69.6 Å². The van der Waals surface area contributed by atoms with Crippen molar-refractivity contribution >= 4 is 11.9 Å². The molecule has 0 aromatic rings. The highest BCUT2D eigenvalue weighted by atomic mass is 16.4. The van der Waals surface area contributed by atoms with Crippen LogP contribution in [0.5, 0.6) is 0 Å². The lowest BCUT2D eigenvalue weighted by Gasteiger charge is -2.37. The second-order valence-electron chi connectivity index (χ2n) is 4.60. The zero-order valence-corrected chi connectivity index (χ0v) is 10.2. The van der Waals surface area contributed by atoms with Crippen LogP contribution >= 0.6 is 0 Å². The van der Waals surface area contributed by atoms with Gasteiger partial charge in [-0.2, -0.15) is 0 Å². The normalized spacial score (nSPS) is 12.4. The van der Waals surface area contributed by atoms with Crippen molar-refractivity contribution in [2.45, 2.75) is 38.8 Å². The first kappa shape index (κ1) is 13.9. The van der Waals surface area contributed by atoms with Crippen LogP contribution in [0.25, 0.3) is 0 Å². The number of aliphatic carboxylic acids is 1. The fraction of sp³-hybridized carbons (Fsp3) is 0.800. The van der Waals surface area contributed by atoms with E-state index in [1.807, 2.05) is 0 Å². The number of hydrogen-bond acceptors (Lipinski definition) is 3. The summed E-state index contributed by atoms with van der Waals surface area (Å²) < 4.78 is 0. The van der Waals surface area contributed by atoms with Crippen molar-refractivity contribution in [1.29, 1.82) is 0 Å². The lowest BCUT2D eigenvalue weighted by molar-refractivity contribution is -0.157. The SMILES string of the molecule is CNC(C)(C)C(=O)N(C)C(C)(C)C(=O)O. The molecule has 1 amide bonds. The summed E-state index contributed by atoms with van der Waals surface area (Å²) in [6.45, 7) is 6.42. The first-order valence-electron chi connectivity index (χ1n) is 4.78. The van der Waals surface area contributed by atoms with Gasteiger partial charge in [-0.25, -0.2) is 4.79 Å². The Labute approximate surface area is 90.5 Å². The zero-order chi connectivity index (χ0) is 12.4. The minimum Gasteiger partial charge on any atom is -0.480 e. The van der Waals surface area contributed by atoms with Gasteiger partial charge in [0.1, 0.15) is 5.54 Å².